The number of oxime groups is 1. The van der Waals surface area contributed by atoms with Crippen LogP contribution in [0, 0.1) is 24.4 Å². The fourth-order valence-corrected chi connectivity index (χ4v) is 4.71. The van der Waals surface area contributed by atoms with Crippen molar-refractivity contribution in [2.45, 2.75) is 25.5 Å². The molecule has 1 atom stereocenters. The molecule has 0 saturated carbocycles. The van der Waals surface area contributed by atoms with E-state index in [9.17, 15) is 13.2 Å². The summed E-state index contributed by atoms with van der Waals surface area (Å²) in [5.74, 6) is -2.93. The first kappa shape index (κ1) is 23.9. The number of halogens is 3. The fourth-order valence-electron chi connectivity index (χ4n) is 4.71. The predicted molar refractivity (Wildman–Crippen MR) is 127 cm³/mol. The molecule has 1 saturated heterocycles. The van der Waals surface area contributed by atoms with Gasteiger partial charge in [0.25, 0.3) is 5.72 Å². The van der Waals surface area contributed by atoms with Crippen LogP contribution in [0.15, 0.2) is 53.6 Å². The number of hydrogen-bond acceptors (Lipinski definition) is 6. The van der Waals surface area contributed by atoms with Crippen molar-refractivity contribution in [2.75, 3.05) is 27.4 Å². The lowest BCUT2D eigenvalue weighted by Crippen LogP contribution is -2.51. The second-order valence-electron chi connectivity index (χ2n) is 8.76. The fraction of sp³-hybridized carbons (Fsp3) is 0.308. The summed E-state index contributed by atoms with van der Waals surface area (Å²) < 4.78 is 54.8. The van der Waals surface area contributed by atoms with Crippen molar-refractivity contribution in [1.82, 2.24) is 14.5 Å². The SMILES string of the molecule is COCC1(c2cc(F)c(F)c(F)c2)ON=C2/C(=C/c3ccc(-n4cnc(C)c4)c(OC)c3)CCCN21. The number of imidazole rings is 1. The van der Waals surface area contributed by atoms with E-state index in [0.717, 1.165) is 47.5 Å². The number of benzene rings is 2. The molecule has 7 nitrogen and oxygen atoms in total. The van der Waals surface area contributed by atoms with E-state index in [4.69, 9.17) is 14.3 Å². The molecule has 0 aliphatic carbocycles. The van der Waals surface area contributed by atoms with Gasteiger partial charge >= 0.3 is 0 Å². The summed E-state index contributed by atoms with van der Waals surface area (Å²) in [6.07, 6.45) is 7.09. The smallest absolute Gasteiger partial charge is 0.260 e. The van der Waals surface area contributed by atoms with Crippen LogP contribution in [0.4, 0.5) is 13.2 Å². The number of amidine groups is 1. The summed E-state index contributed by atoms with van der Waals surface area (Å²) in [6.45, 7) is 2.37. The Morgan fingerprint density at radius 3 is 2.58 bits per heavy atom. The van der Waals surface area contributed by atoms with E-state index in [-0.39, 0.29) is 12.2 Å². The van der Waals surface area contributed by atoms with E-state index in [1.165, 1.54) is 7.11 Å². The van der Waals surface area contributed by atoms with Crippen molar-refractivity contribution < 1.29 is 27.5 Å². The minimum atomic E-state index is -1.53. The lowest BCUT2D eigenvalue weighted by Gasteiger charge is -2.39. The highest BCUT2D eigenvalue weighted by Gasteiger charge is 2.50. The number of piperidine rings is 1. The molecular formula is C26H25F3N4O3. The van der Waals surface area contributed by atoms with Gasteiger partial charge in [0.2, 0.25) is 0 Å². The van der Waals surface area contributed by atoms with Crippen LogP contribution in [0.3, 0.4) is 0 Å². The van der Waals surface area contributed by atoms with Gasteiger partial charge in [0.1, 0.15) is 12.4 Å². The number of hydrogen-bond donors (Lipinski definition) is 0. The van der Waals surface area contributed by atoms with E-state index >= 15 is 0 Å². The van der Waals surface area contributed by atoms with Gasteiger partial charge in [0, 0.05) is 25.4 Å². The van der Waals surface area contributed by atoms with E-state index in [2.05, 4.69) is 10.1 Å². The van der Waals surface area contributed by atoms with Crippen LogP contribution in [-0.2, 0) is 15.3 Å². The number of nitrogens with zero attached hydrogens (tertiary/aromatic N) is 4. The second-order valence-corrected chi connectivity index (χ2v) is 8.76. The van der Waals surface area contributed by atoms with Crippen LogP contribution >= 0.6 is 0 Å². The number of aromatic nitrogens is 2. The molecule has 2 aromatic carbocycles. The maximum Gasteiger partial charge on any atom is 0.260 e. The van der Waals surface area contributed by atoms with Crippen molar-refractivity contribution in [3.05, 3.63) is 82.7 Å². The van der Waals surface area contributed by atoms with Gasteiger partial charge in [-0.25, -0.2) is 18.2 Å². The number of fused-ring (bicyclic) bond motifs is 1. The molecule has 36 heavy (non-hydrogen) atoms. The third kappa shape index (κ3) is 4.01. The largest absolute Gasteiger partial charge is 0.495 e. The molecule has 1 aromatic heterocycles. The summed E-state index contributed by atoms with van der Waals surface area (Å²) in [4.78, 5) is 11.9. The van der Waals surface area contributed by atoms with Gasteiger partial charge in [0.05, 0.1) is 24.8 Å². The molecule has 0 N–H and O–H groups in total. The van der Waals surface area contributed by atoms with Crippen molar-refractivity contribution >= 4 is 11.9 Å². The standard InChI is InChI=1S/C26H25F3N4O3/c1-16-13-32(15-30-16)22-7-6-17(10-23(22)35-3)9-18-5-4-8-33-25(18)31-36-26(33,14-34-2)19-11-20(27)24(29)21(28)12-19/h6-7,9-13,15H,4-5,8,14H2,1-3H3/b18-9+. The maximum atomic E-state index is 14.1. The van der Waals surface area contributed by atoms with Gasteiger partial charge in [-0.1, -0.05) is 11.2 Å². The highest BCUT2D eigenvalue weighted by atomic mass is 19.2. The lowest BCUT2D eigenvalue weighted by atomic mass is 9.94. The Kier molecular flexibility index (Phi) is 6.21. The van der Waals surface area contributed by atoms with Crippen LogP contribution in [0.25, 0.3) is 11.8 Å². The molecule has 0 bridgehead atoms. The van der Waals surface area contributed by atoms with E-state index < -0.39 is 23.2 Å². The monoisotopic (exact) mass is 498 g/mol. The highest BCUT2D eigenvalue weighted by Crippen LogP contribution is 2.41. The number of methoxy groups -OCH3 is 2. The van der Waals surface area contributed by atoms with Crippen molar-refractivity contribution in [1.29, 1.82) is 0 Å². The van der Waals surface area contributed by atoms with Gasteiger partial charge < -0.3 is 23.8 Å². The molecule has 0 spiro atoms. The van der Waals surface area contributed by atoms with Gasteiger partial charge in [0.15, 0.2) is 23.3 Å². The van der Waals surface area contributed by atoms with Crippen LogP contribution < -0.4 is 4.74 Å². The predicted octanol–water partition coefficient (Wildman–Crippen LogP) is 4.93. The van der Waals surface area contributed by atoms with Gasteiger partial charge in [-0.2, -0.15) is 0 Å². The summed E-state index contributed by atoms with van der Waals surface area (Å²) in [7, 11) is 3.06. The molecule has 2 aliphatic rings. The van der Waals surface area contributed by atoms with E-state index in [1.807, 2.05) is 46.9 Å². The maximum absolute atomic E-state index is 14.1. The number of ether oxygens (including phenoxy) is 2. The second kappa shape index (κ2) is 9.34. The average Bonchev–Trinajstić information content (AvgIpc) is 3.47. The summed E-state index contributed by atoms with van der Waals surface area (Å²) in [5.41, 5.74) is 2.18. The molecule has 10 heteroatoms. The third-order valence-corrected chi connectivity index (χ3v) is 6.40. The van der Waals surface area contributed by atoms with E-state index in [0.29, 0.717) is 18.1 Å². The first-order valence-corrected chi connectivity index (χ1v) is 11.4. The van der Waals surface area contributed by atoms with Gasteiger partial charge in [-0.05, 0) is 61.2 Å². The lowest BCUT2D eigenvalue weighted by molar-refractivity contribution is -0.145. The third-order valence-electron chi connectivity index (χ3n) is 6.40. The number of aryl methyl sites for hydroxylation is 1. The minimum absolute atomic E-state index is 0.0648. The van der Waals surface area contributed by atoms with E-state index in [1.54, 1.807) is 13.4 Å². The first-order valence-electron chi connectivity index (χ1n) is 11.4. The van der Waals surface area contributed by atoms with Crippen LogP contribution in [0.1, 0.15) is 29.7 Å². The van der Waals surface area contributed by atoms with Crippen LogP contribution in [-0.4, -0.2) is 47.7 Å². The molecule has 1 unspecified atom stereocenters. The Balaban J connectivity index is 1.50. The normalized spacial score (nSPS) is 20.3. The summed E-state index contributed by atoms with van der Waals surface area (Å²) in [6, 6.07) is 7.67. The molecule has 0 radical (unpaired) electrons. The molecule has 5 rings (SSSR count). The Labute approximate surface area is 206 Å². The van der Waals surface area contributed by atoms with Gasteiger partial charge in [-0.15, -0.1) is 0 Å². The molecule has 0 amide bonds. The summed E-state index contributed by atoms with van der Waals surface area (Å²) >= 11 is 0. The molecule has 3 aromatic rings. The Morgan fingerprint density at radius 1 is 1.14 bits per heavy atom. The number of rotatable bonds is 6. The zero-order valence-corrected chi connectivity index (χ0v) is 20.1. The topological polar surface area (TPSA) is 61.1 Å². The highest BCUT2D eigenvalue weighted by molar-refractivity contribution is 6.03. The first-order chi connectivity index (χ1) is 17.4. The zero-order chi connectivity index (χ0) is 25.4. The average molecular weight is 499 g/mol. The van der Waals surface area contributed by atoms with Crippen molar-refractivity contribution in [3.63, 3.8) is 0 Å². The molecular weight excluding hydrogens is 473 g/mol. The summed E-state index contributed by atoms with van der Waals surface area (Å²) in [5, 5.41) is 4.29. The molecule has 2 aliphatic heterocycles. The zero-order valence-electron chi connectivity index (χ0n) is 20.1. The van der Waals surface area contributed by atoms with Crippen LogP contribution in [0.2, 0.25) is 0 Å². The van der Waals surface area contributed by atoms with Crippen molar-refractivity contribution in [2.24, 2.45) is 5.16 Å². The molecule has 1 fully saturated rings. The Hall–Kier alpha value is -3.79. The van der Waals surface area contributed by atoms with Gasteiger partial charge in [-0.3, -0.25) is 0 Å². The quantitative estimate of drug-likeness (QED) is 0.451. The van der Waals surface area contributed by atoms with Crippen molar-refractivity contribution in [3.8, 4) is 11.4 Å². The Bertz CT molecular complexity index is 1350. The minimum Gasteiger partial charge on any atom is -0.495 e. The van der Waals surface area contributed by atoms with Crippen LogP contribution in [0.5, 0.6) is 5.75 Å². The molecule has 3 heterocycles. The Morgan fingerprint density at radius 2 is 1.92 bits per heavy atom. The molecule has 188 valence electrons.